The molecule has 3 atom stereocenters. The van der Waals surface area contributed by atoms with E-state index in [9.17, 15) is 40.3 Å². The molecule has 47 heavy (non-hydrogen) atoms. The predicted octanol–water partition coefficient (Wildman–Crippen LogP) is 5.96. The van der Waals surface area contributed by atoms with E-state index in [1.807, 2.05) is 0 Å². The van der Waals surface area contributed by atoms with Gasteiger partial charge in [-0.25, -0.2) is 31.7 Å². The highest BCUT2D eigenvalue weighted by atomic mass is 19.4. The van der Waals surface area contributed by atoms with Crippen molar-refractivity contribution in [2.24, 2.45) is 17.8 Å². The first-order chi connectivity index (χ1) is 22.2. The first kappa shape index (κ1) is 33.1. The Balaban J connectivity index is 1.25. The van der Waals surface area contributed by atoms with Crippen LogP contribution in [0.15, 0.2) is 24.7 Å². The number of alkyl halides is 7. The van der Waals surface area contributed by atoms with Gasteiger partial charge in [0.2, 0.25) is 11.8 Å². The molecule has 3 heterocycles. The van der Waals surface area contributed by atoms with Crippen LogP contribution in [0.1, 0.15) is 104 Å². The molecule has 0 saturated heterocycles. The fraction of sp³-hybridized carbons (Fsp3) is 0.667. The second-order valence-corrected chi connectivity index (χ2v) is 13.1. The molecule has 3 aliphatic carbocycles. The summed E-state index contributed by atoms with van der Waals surface area (Å²) < 4.78 is 96.8. The smallest absolute Gasteiger partial charge is 0.349 e. The molecule has 3 aliphatic rings. The average molecular weight is 673 g/mol. The van der Waals surface area contributed by atoms with Gasteiger partial charge in [0, 0.05) is 31.6 Å². The number of amides is 2. The summed E-state index contributed by atoms with van der Waals surface area (Å²) in [7, 11) is 0. The number of nitrogens with zero attached hydrogens (tertiary/aromatic N) is 6. The molecule has 2 N–H and O–H groups in total. The third kappa shape index (κ3) is 7.53. The number of hydrogen-bond acceptors (Lipinski definition) is 6. The van der Waals surface area contributed by atoms with Crippen molar-refractivity contribution in [3.05, 3.63) is 41.6 Å². The Labute approximate surface area is 264 Å². The molecule has 0 bridgehead atoms. The Morgan fingerprint density at radius 1 is 0.957 bits per heavy atom. The van der Waals surface area contributed by atoms with E-state index >= 15 is 0 Å². The fourth-order valence-electron chi connectivity index (χ4n) is 6.59. The molecule has 0 radical (unpaired) electrons. The minimum atomic E-state index is -4.46. The topological polar surface area (TPSA) is 119 Å². The Hall–Kier alpha value is -3.79. The molecular formula is C30H35F7N8O2. The lowest BCUT2D eigenvalue weighted by atomic mass is 9.77. The van der Waals surface area contributed by atoms with E-state index in [0.717, 1.165) is 23.9 Å². The van der Waals surface area contributed by atoms with Crippen LogP contribution in [0, 0.1) is 17.8 Å². The van der Waals surface area contributed by atoms with Gasteiger partial charge in [-0.2, -0.15) is 18.3 Å². The summed E-state index contributed by atoms with van der Waals surface area (Å²) in [5, 5.41) is 17.6. The van der Waals surface area contributed by atoms with Crippen LogP contribution in [0.5, 0.6) is 0 Å². The summed E-state index contributed by atoms with van der Waals surface area (Å²) in [6, 6.07) is 0.241. The fourth-order valence-corrected chi connectivity index (χ4v) is 6.59. The number of rotatable bonds is 11. The van der Waals surface area contributed by atoms with E-state index in [4.69, 9.17) is 0 Å². The normalized spacial score (nSPS) is 22.7. The van der Waals surface area contributed by atoms with Crippen molar-refractivity contribution in [3.8, 4) is 0 Å². The van der Waals surface area contributed by atoms with Gasteiger partial charge in [-0.05, 0) is 55.6 Å². The lowest BCUT2D eigenvalue weighted by molar-refractivity contribution is -0.144. The lowest BCUT2D eigenvalue weighted by Crippen LogP contribution is -2.42. The van der Waals surface area contributed by atoms with Crippen LogP contribution in [0.3, 0.4) is 0 Å². The first-order valence-electron chi connectivity index (χ1n) is 15.8. The summed E-state index contributed by atoms with van der Waals surface area (Å²) in [4.78, 5) is 30.6. The highest BCUT2D eigenvalue weighted by Crippen LogP contribution is 2.45. The van der Waals surface area contributed by atoms with Crippen molar-refractivity contribution >= 4 is 17.5 Å². The Kier molecular flexibility index (Phi) is 8.93. The third-order valence-corrected chi connectivity index (χ3v) is 9.80. The number of halogens is 7. The predicted molar refractivity (Wildman–Crippen MR) is 151 cm³/mol. The van der Waals surface area contributed by atoms with Crippen molar-refractivity contribution in [1.29, 1.82) is 0 Å². The monoisotopic (exact) mass is 672 g/mol. The summed E-state index contributed by atoms with van der Waals surface area (Å²) in [6.07, 6.45) is -0.246. The molecule has 256 valence electrons. The van der Waals surface area contributed by atoms with Gasteiger partial charge < -0.3 is 10.6 Å². The van der Waals surface area contributed by atoms with Gasteiger partial charge in [-0.15, -0.1) is 5.10 Å². The number of fused-ring (bicyclic) bond motifs is 1. The largest absolute Gasteiger partial charge is 0.389 e. The van der Waals surface area contributed by atoms with Gasteiger partial charge in [0.25, 0.3) is 11.8 Å². The zero-order valence-corrected chi connectivity index (χ0v) is 25.3. The second-order valence-electron chi connectivity index (χ2n) is 13.1. The number of carbonyl (C=O) groups is 2. The molecule has 1 unspecified atom stereocenters. The van der Waals surface area contributed by atoms with Crippen LogP contribution in [-0.2, 0) is 11.3 Å². The van der Waals surface area contributed by atoms with Crippen LogP contribution < -0.4 is 10.6 Å². The lowest BCUT2D eigenvalue weighted by Gasteiger charge is -2.36. The minimum absolute atomic E-state index is 0.0119. The maximum Gasteiger partial charge on any atom is 0.389 e. The van der Waals surface area contributed by atoms with Crippen LogP contribution in [0.25, 0.3) is 5.65 Å². The molecule has 0 aromatic carbocycles. The average Bonchev–Trinajstić information content (AvgIpc) is 3.62. The molecule has 0 aliphatic heterocycles. The van der Waals surface area contributed by atoms with Crippen LogP contribution in [0.2, 0.25) is 0 Å². The zero-order valence-electron chi connectivity index (χ0n) is 25.3. The summed E-state index contributed by atoms with van der Waals surface area (Å²) in [6.45, 7) is -0.202. The van der Waals surface area contributed by atoms with Crippen LogP contribution >= 0.6 is 0 Å². The number of nitrogens with one attached hydrogen (secondary N) is 2. The van der Waals surface area contributed by atoms with Gasteiger partial charge in [0.05, 0.1) is 49.3 Å². The van der Waals surface area contributed by atoms with E-state index < -0.39 is 66.6 Å². The molecule has 10 nitrogen and oxygen atoms in total. The minimum Gasteiger partial charge on any atom is -0.349 e. The van der Waals surface area contributed by atoms with Crippen molar-refractivity contribution in [1.82, 2.24) is 40.2 Å². The SMILES string of the molecule is O=C(CCC(F)(F)F)N[C@@H](c1cnn2cc([C@@H](NC(=O)c3cnnn3CC3CCC3(F)F)C3CCC(F)(F)CC3)nc2c1)C1CCC1. The Bertz CT molecular complexity index is 1590. The van der Waals surface area contributed by atoms with Gasteiger partial charge >= 0.3 is 6.18 Å². The van der Waals surface area contributed by atoms with E-state index in [-0.39, 0.29) is 56.7 Å². The third-order valence-electron chi connectivity index (χ3n) is 9.80. The number of aromatic nitrogens is 6. The Morgan fingerprint density at radius 3 is 2.30 bits per heavy atom. The van der Waals surface area contributed by atoms with Gasteiger partial charge in [-0.3, -0.25) is 9.59 Å². The van der Waals surface area contributed by atoms with Crippen LogP contribution in [0.4, 0.5) is 30.7 Å². The zero-order chi connectivity index (χ0) is 33.6. The first-order valence-corrected chi connectivity index (χ1v) is 15.8. The maximum atomic E-state index is 14.1. The van der Waals surface area contributed by atoms with Crippen LogP contribution in [-0.4, -0.2) is 59.4 Å². The van der Waals surface area contributed by atoms with E-state index in [0.29, 0.717) is 16.9 Å². The molecule has 3 saturated carbocycles. The van der Waals surface area contributed by atoms with Gasteiger partial charge in [-0.1, -0.05) is 11.6 Å². The molecule has 0 spiro atoms. The molecular weight excluding hydrogens is 637 g/mol. The molecule has 2 amide bonds. The van der Waals surface area contributed by atoms with Crippen molar-refractivity contribution in [2.75, 3.05) is 0 Å². The molecule has 3 aromatic rings. The molecule has 3 fully saturated rings. The summed E-state index contributed by atoms with van der Waals surface area (Å²) >= 11 is 0. The van der Waals surface area contributed by atoms with E-state index in [1.165, 1.54) is 16.9 Å². The number of carbonyl (C=O) groups excluding carboxylic acids is 2. The van der Waals surface area contributed by atoms with Crippen molar-refractivity contribution in [2.45, 2.75) is 107 Å². The molecule has 17 heteroatoms. The van der Waals surface area contributed by atoms with Gasteiger partial charge in [0.1, 0.15) is 5.69 Å². The summed E-state index contributed by atoms with van der Waals surface area (Å²) in [5.74, 6) is -8.49. The molecule has 6 rings (SSSR count). The van der Waals surface area contributed by atoms with E-state index in [1.54, 1.807) is 12.3 Å². The van der Waals surface area contributed by atoms with Crippen molar-refractivity contribution in [3.63, 3.8) is 0 Å². The van der Waals surface area contributed by atoms with E-state index in [2.05, 4.69) is 31.0 Å². The maximum absolute atomic E-state index is 14.1. The highest BCUT2D eigenvalue weighted by molar-refractivity contribution is 5.92. The molecule has 3 aromatic heterocycles. The van der Waals surface area contributed by atoms with Gasteiger partial charge in [0.15, 0.2) is 5.65 Å². The van der Waals surface area contributed by atoms with Crippen molar-refractivity contribution < 1.29 is 40.3 Å². The number of hydrogen-bond donors (Lipinski definition) is 2. The number of imidazole rings is 1. The summed E-state index contributed by atoms with van der Waals surface area (Å²) in [5.41, 5.74) is 1.16. The Morgan fingerprint density at radius 2 is 1.68 bits per heavy atom. The second kappa shape index (κ2) is 12.7. The standard InChI is InChI=1S/C30H35F7N8O2/c31-28(32)8-4-18(5-9-28)26(42-27(47)22-14-38-43-44(22)15-20-6-10-29(20,33)34)21-16-45-23(40-21)12-19(13-39-45)25(17-2-1-3-17)41-24(46)7-11-30(35,36)37/h12-14,16-18,20,25-26H,1-11,15H2,(H,41,46)(H,42,47)/t20?,25-,26+/m1/s1. The highest BCUT2D eigenvalue weighted by Gasteiger charge is 2.48. The quantitative estimate of drug-likeness (QED) is 0.243.